The molecule has 0 amide bonds. The molecule has 0 unspecified atom stereocenters. The van der Waals surface area contributed by atoms with Crippen molar-refractivity contribution in [3.05, 3.63) is 67.0 Å². The van der Waals surface area contributed by atoms with Crippen LogP contribution in [0, 0.1) is 0 Å². The van der Waals surface area contributed by atoms with Gasteiger partial charge in [0.15, 0.2) is 15.7 Å². The van der Waals surface area contributed by atoms with Crippen LogP contribution in [0.1, 0.15) is 13.8 Å². The van der Waals surface area contributed by atoms with E-state index in [9.17, 15) is 8.42 Å². The summed E-state index contributed by atoms with van der Waals surface area (Å²) in [7, 11) is -1.46. The number of nitrogens with zero attached hydrogens (tertiary/aromatic N) is 3. The van der Waals surface area contributed by atoms with Gasteiger partial charge < -0.3 is 5.32 Å². The molecule has 0 radical (unpaired) electrons. The topological polar surface area (TPSA) is 84.8 Å². The smallest absolute Gasteiger partial charge is 0.180 e. The van der Waals surface area contributed by atoms with Crippen LogP contribution in [0.3, 0.4) is 0 Å². The minimum absolute atomic E-state index is 0.336. The van der Waals surface area contributed by atoms with Crippen LogP contribution in [0.5, 0.6) is 0 Å². The maximum Gasteiger partial charge on any atom is 0.180 e. The van der Waals surface area contributed by atoms with E-state index in [1.165, 1.54) is 0 Å². The quantitative estimate of drug-likeness (QED) is 0.511. The summed E-state index contributed by atoms with van der Waals surface area (Å²) in [6.07, 6.45) is 3.45. The lowest BCUT2D eigenvalue weighted by Crippen LogP contribution is -2.13. The highest BCUT2D eigenvalue weighted by molar-refractivity contribution is 7.92. The summed E-state index contributed by atoms with van der Waals surface area (Å²) in [5, 5.41) is 3.59. The molecule has 4 rings (SSSR count). The van der Waals surface area contributed by atoms with Crippen molar-refractivity contribution in [2.45, 2.75) is 24.0 Å². The standard InChI is InChI=1S/C23H22N4O2S/c1-15(2)30(28,29)19-9-6-16(7-10-19)17-8-11-21-20(13-17)23(24-3)27-22(26-21)18-5-4-12-25-14-18/h4-15H,1-3H3,(H,24,26,27). The second kappa shape index (κ2) is 7.84. The van der Waals surface area contributed by atoms with Crippen LogP contribution in [0.2, 0.25) is 0 Å². The maximum atomic E-state index is 12.4. The van der Waals surface area contributed by atoms with E-state index >= 15 is 0 Å². The van der Waals surface area contributed by atoms with Gasteiger partial charge in [0, 0.05) is 30.4 Å². The minimum atomic E-state index is -3.29. The molecule has 30 heavy (non-hydrogen) atoms. The lowest BCUT2D eigenvalue weighted by Gasteiger charge is -2.11. The third-order valence-electron chi connectivity index (χ3n) is 4.99. The predicted octanol–water partition coefficient (Wildman–Crippen LogP) is 4.58. The van der Waals surface area contributed by atoms with Crippen molar-refractivity contribution < 1.29 is 8.42 Å². The van der Waals surface area contributed by atoms with E-state index in [2.05, 4.69) is 20.3 Å². The van der Waals surface area contributed by atoms with E-state index < -0.39 is 15.1 Å². The summed E-state index contributed by atoms with van der Waals surface area (Å²) in [6, 6.07) is 16.7. The Morgan fingerprint density at radius 3 is 2.27 bits per heavy atom. The summed E-state index contributed by atoms with van der Waals surface area (Å²) in [5.74, 6) is 1.33. The molecule has 152 valence electrons. The number of anilines is 1. The summed E-state index contributed by atoms with van der Waals surface area (Å²) in [4.78, 5) is 13.8. The predicted molar refractivity (Wildman–Crippen MR) is 120 cm³/mol. The molecule has 0 saturated carbocycles. The first-order valence-corrected chi connectivity index (χ1v) is 11.2. The average molecular weight is 419 g/mol. The van der Waals surface area contributed by atoms with Gasteiger partial charge in [-0.25, -0.2) is 18.4 Å². The molecule has 2 heterocycles. The molecular weight excluding hydrogens is 396 g/mol. The molecule has 1 N–H and O–H groups in total. The zero-order valence-electron chi connectivity index (χ0n) is 17.0. The lowest BCUT2D eigenvalue weighted by atomic mass is 10.0. The van der Waals surface area contributed by atoms with E-state index in [0.29, 0.717) is 10.7 Å². The number of aromatic nitrogens is 3. The monoisotopic (exact) mass is 418 g/mol. The fourth-order valence-corrected chi connectivity index (χ4v) is 4.29. The molecular formula is C23H22N4O2S. The Bertz CT molecular complexity index is 1300. The molecule has 0 saturated heterocycles. The number of hydrogen-bond donors (Lipinski definition) is 1. The molecule has 0 aliphatic carbocycles. The van der Waals surface area contributed by atoms with Crippen LogP contribution in [0.25, 0.3) is 33.4 Å². The van der Waals surface area contributed by atoms with Gasteiger partial charge in [0.25, 0.3) is 0 Å². The summed E-state index contributed by atoms with van der Waals surface area (Å²) in [5.41, 5.74) is 3.56. The van der Waals surface area contributed by atoms with E-state index in [1.807, 2.05) is 49.5 Å². The van der Waals surface area contributed by atoms with Gasteiger partial charge in [-0.1, -0.05) is 18.2 Å². The Labute approximate surface area is 176 Å². The molecule has 0 bridgehead atoms. The molecule has 6 nitrogen and oxygen atoms in total. The van der Waals surface area contributed by atoms with Crippen molar-refractivity contribution in [1.29, 1.82) is 0 Å². The number of hydrogen-bond acceptors (Lipinski definition) is 6. The Hall–Kier alpha value is -3.32. The van der Waals surface area contributed by atoms with Crippen molar-refractivity contribution >= 4 is 26.6 Å². The molecule has 0 fully saturated rings. The third kappa shape index (κ3) is 3.64. The number of benzene rings is 2. The van der Waals surface area contributed by atoms with Crippen molar-refractivity contribution in [3.63, 3.8) is 0 Å². The van der Waals surface area contributed by atoms with Crippen LogP contribution >= 0.6 is 0 Å². The van der Waals surface area contributed by atoms with Crippen LogP contribution in [0.4, 0.5) is 5.82 Å². The van der Waals surface area contributed by atoms with Gasteiger partial charge in [0.2, 0.25) is 0 Å². The SMILES string of the molecule is CNc1nc(-c2cccnc2)nc2ccc(-c3ccc(S(=O)(=O)C(C)C)cc3)cc12. The number of sulfone groups is 1. The van der Waals surface area contributed by atoms with Crippen LogP contribution in [-0.4, -0.2) is 35.7 Å². The van der Waals surface area contributed by atoms with Gasteiger partial charge in [0.1, 0.15) is 5.82 Å². The van der Waals surface area contributed by atoms with Crippen LogP contribution in [0.15, 0.2) is 71.9 Å². The number of rotatable bonds is 5. The lowest BCUT2D eigenvalue weighted by molar-refractivity contribution is 0.587. The highest BCUT2D eigenvalue weighted by Crippen LogP contribution is 2.30. The van der Waals surface area contributed by atoms with E-state index in [-0.39, 0.29) is 0 Å². The second-order valence-corrected chi connectivity index (χ2v) is 9.74. The molecule has 0 spiro atoms. The Morgan fingerprint density at radius 1 is 0.900 bits per heavy atom. The molecule has 0 aliphatic heterocycles. The zero-order chi connectivity index (χ0) is 21.3. The summed E-state index contributed by atoms with van der Waals surface area (Å²) in [6.45, 7) is 3.37. The molecule has 0 aliphatic rings. The first kappa shape index (κ1) is 20.0. The fraction of sp³-hybridized carbons (Fsp3) is 0.174. The largest absolute Gasteiger partial charge is 0.373 e. The van der Waals surface area contributed by atoms with Gasteiger partial charge >= 0.3 is 0 Å². The molecule has 7 heteroatoms. The first-order chi connectivity index (χ1) is 14.4. The third-order valence-corrected chi connectivity index (χ3v) is 7.16. The normalized spacial score (nSPS) is 11.7. The van der Waals surface area contributed by atoms with Crippen molar-refractivity contribution in [1.82, 2.24) is 15.0 Å². The molecule has 0 atom stereocenters. The zero-order valence-corrected chi connectivity index (χ0v) is 17.8. The average Bonchev–Trinajstić information content (AvgIpc) is 2.78. The number of nitrogens with one attached hydrogen (secondary N) is 1. The van der Waals surface area contributed by atoms with E-state index in [0.717, 1.165) is 33.4 Å². The number of pyridine rings is 1. The van der Waals surface area contributed by atoms with E-state index in [1.54, 1.807) is 38.4 Å². The summed E-state index contributed by atoms with van der Waals surface area (Å²) < 4.78 is 24.7. The highest BCUT2D eigenvalue weighted by Gasteiger charge is 2.19. The van der Waals surface area contributed by atoms with Crippen molar-refractivity contribution in [2.75, 3.05) is 12.4 Å². The van der Waals surface area contributed by atoms with Crippen molar-refractivity contribution in [2.24, 2.45) is 0 Å². The Morgan fingerprint density at radius 2 is 1.63 bits per heavy atom. The summed E-state index contributed by atoms with van der Waals surface area (Å²) >= 11 is 0. The fourth-order valence-electron chi connectivity index (χ4n) is 3.23. The van der Waals surface area contributed by atoms with Gasteiger partial charge in [-0.15, -0.1) is 0 Å². The Kier molecular flexibility index (Phi) is 5.22. The van der Waals surface area contributed by atoms with Crippen molar-refractivity contribution in [3.8, 4) is 22.5 Å². The van der Waals surface area contributed by atoms with Crippen LogP contribution in [-0.2, 0) is 9.84 Å². The van der Waals surface area contributed by atoms with Gasteiger partial charge in [-0.05, 0) is 61.4 Å². The second-order valence-electron chi connectivity index (χ2n) is 7.24. The molecule has 4 aromatic rings. The van der Waals surface area contributed by atoms with Crippen LogP contribution < -0.4 is 5.32 Å². The first-order valence-electron chi connectivity index (χ1n) is 9.64. The highest BCUT2D eigenvalue weighted by atomic mass is 32.2. The Balaban J connectivity index is 1.77. The molecule has 2 aromatic carbocycles. The maximum absolute atomic E-state index is 12.4. The number of fused-ring (bicyclic) bond motifs is 1. The van der Waals surface area contributed by atoms with Gasteiger partial charge in [-0.3, -0.25) is 4.98 Å². The van der Waals surface area contributed by atoms with E-state index in [4.69, 9.17) is 0 Å². The van der Waals surface area contributed by atoms with Gasteiger partial charge in [0.05, 0.1) is 15.7 Å². The van der Waals surface area contributed by atoms with Gasteiger partial charge in [-0.2, -0.15) is 0 Å². The molecule has 2 aromatic heterocycles. The minimum Gasteiger partial charge on any atom is -0.373 e.